The first kappa shape index (κ1) is 13.5. The highest BCUT2D eigenvalue weighted by Gasteiger charge is 2.23. The van der Waals surface area contributed by atoms with Crippen molar-refractivity contribution < 1.29 is 4.79 Å². The van der Waals surface area contributed by atoms with Gasteiger partial charge in [0.2, 0.25) is 5.91 Å². The van der Waals surface area contributed by atoms with Crippen molar-refractivity contribution in [3.05, 3.63) is 54.0 Å². The fraction of sp³-hybridized carbons (Fsp3) is 0.312. The van der Waals surface area contributed by atoms with Crippen LogP contribution in [0, 0.1) is 5.92 Å². The smallest absolute Gasteiger partial charge is 0.250 e. The van der Waals surface area contributed by atoms with Gasteiger partial charge in [0.1, 0.15) is 5.82 Å². The van der Waals surface area contributed by atoms with Gasteiger partial charge in [-0.25, -0.2) is 4.98 Å². The van der Waals surface area contributed by atoms with E-state index in [4.69, 9.17) is 5.73 Å². The number of amides is 1. The summed E-state index contributed by atoms with van der Waals surface area (Å²) in [4.78, 5) is 21.8. The molecule has 108 valence electrons. The van der Waals surface area contributed by atoms with Crippen molar-refractivity contribution in [2.45, 2.75) is 12.8 Å². The van der Waals surface area contributed by atoms with Crippen LogP contribution in [0.4, 0.5) is 5.82 Å². The Hall–Kier alpha value is -2.43. The maximum atomic E-state index is 11.1. The number of aromatic nitrogens is 2. The Bertz CT molecular complexity index is 612. The first-order valence-corrected chi connectivity index (χ1v) is 7.12. The summed E-state index contributed by atoms with van der Waals surface area (Å²) in [6.45, 7) is 1.98. The van der Waals surface area contributed by atoms with Gasteiger partial charge < -0.3 is 10.6 Å². The Morgan fingerprint density at radius 1 is 1.33 bits per heavy atom. The molecule has 1 atom stereocenters. The van der Waals surface area contributed by atoms with Gasteiger partial charge in [-0.1, -0.05) is 6.07 Å². The highest BCUT2D eigenvalue weighted by molar-refractivity contribution is 5.92. The van der Waals surface area contributed by atoms with Gasteiger partial charge in [0, 0.05) is 31.7 Å². The largest absolute Gasteiger partial charge is 0.366 e. The Balaban J connectivity index is 1.62. The minimum absolute atomic E-state index is 0.440. The summed E-state index contributed by atoms with van der Waals surface area (Å²) in [5, 5.41) is 0. The van der Waals surface area contributed by atoms with E-state index >= 15 is 0 Å². The van der Waals surface area contributed by atoms with Crippen LogP contribution in [0.3, 0.4) is 0 Å². The molecule has 1 saturated heterocycles. The molecule has 2 aromatic rings. The van der Waals surface area contributed by atoms with Crippen LogP contribution in [-0.4, -0.2) is 29.0 Å². The van der Waals surface area contributed by atoms with E-state index in [0.29, 0.717) is 11.5 Å². The van der Waals surface area contributed by atoms with Crippen molar-refractivity contribution in [1.82, 2.24) is 9.97 Å². The Morgan fingerprint density at radius 2 is 2.24 bits per heavy atom. The van der Waals surface area contributed by atoms with Gasteiger partial charge in [0.15, 0.2) is 0 Å². The summed E-state index contributed by atoms with van der Waals surface area (Å²) in [6.07, 6.45) is 7.47. The highest BCUT2D eigenvalue weighted by atomic mass is 16.1. The molecule has 1 unspecified atom stereocenters. The standard InChI is InChI=1S/C16H18N4O/c17-16(21)14-3-4-15(19-10-14)20-7-5-13(11-20)8-12-2-1-6-18-9-12/h1-4,6,9-10,13H,5,7-8,11H2,(H2,17,21). The summed E-state index contributed by atoms with van der Waals surface area (Å²) in [5.41, 5.74) is 6.95. The van der Waals surface area contributed by atoms with Gasteiger partial charge >= 0.3 is 0 Å². The number of anilines is 1. The molecule has 1 aliphatic rings. The van der Waals surface area contributed by atoms with Crippen LogP contribution in [-0.2, 0) is 6.42 Å². The fourth-order valence-corrected chi connectivity index (χ4v) is 2.78. The molecule has 21 heavy (non-hydrogen) atoms. The Labute approximate surface area is 123 Å². The molecule has 2 aromatic heterocycles. The third-order valence-electron chi connectivity index (χ3n) is 3.89. The molecule has 0 aliphatic carbocycles. The average molecular weight is 282 g/mol. The lowest BCUT2D eigenvalue weighted by atomic mass is 10.0. The van der Waals surface area contributed by atoms with Crippen molar-refractivity contribution >= 4 is 11.7 Å². The molecule has 1 fully saturated rings. The number of hydrogen-bond acceptors (Lipinski definition) is 4. The second-order valence-electron chi connectivity index (χ2n) is 5.44. The monoisotopic (exact) mass is 282 g/mol. The van der Waals surface area contributed by atoms with Gasteiger partial charge in [-0.3, -0.25) is 9.78 Å². The Morgan fingerprint density at radius 3 is 2.90 bits per heavy atom. The van der Waals surface area contributed by atoms with Gasteiger partial charge in [-0.2, -0.15) is 0 Å². The molecule has 0 radical (unpaired) electrons. The molecule has 3 heterocycles. The zero-order valence-electron chi connectivity index (χ0n) is 11.8. The molecule has 0 saturated carbocycles. The number of hydrogen-bond donors (Lipinski definition) is 1. The second kappa shape index (κ2) is 5.91. The lowest BCUT2D eigenvalue weighted by molar-refractivity contribution is 0.1000. The Kier molecular flexibility index (Phi) is 3.81. The number of nitrogens with two attached hydrogens (primary N) is 1. The van der Waals surface area contributed by atoms with Gasteiger partial charge in [0.05, 0.1) is 5.56 Å². The molecule has 5 nitrogen and oxygen atoms in total. The molecule has 0 spiro atoms. The molecule has 3 rings (SSSR count). The summed E-state index contributed by atoms with van der Waals surface area (Å²) in [5.74, 6) is 1.09. The molecule has 0 bridgehead atoms. The molecule has 2 N–H and O–H groups in total. The molecule has 5 heteroatoms. The van der Waals surface area contributed by atoms with E-state index in [2.05, 4.69) is 20.9 Å². The van der Waals surface area contributed by atoms with E-state index < -0.39 is 5.91 Å². The molecule has 1 amide bonds. The second-order valence-corrected chi connectivity index (χ2v) is 5.44. The van der Waals surface area contributed by atoms with E-state index in [1.807, 2.05) is 18.3 Å². The van der Waals surface area contributed by atoms with Gasteiger partial charge in [-0.15, -0.1) is 0 Å². The summed E-state index contributed by atoms with van der Waals surface area (Å²) in [6, 6.07) is 7.70. The molecular formula is C16H18N4O. The number of carbonyl (C=O) groups excluding carboxylic acids is 1. The van der Waals surface area contributed by atoms with Crippen LogP contribution in [0.2, 0.25) is 0 Å². The zero-order valence-corrected chi connectivity index (χ0v) is 11.8. The van der Waals surface area contributed by atoms with E-state index in [-0.39, 0.29) is 0 Å². The van der Waals surface area contributed by atoms with Crippen molar-refractivity contribution in [2.75, 3.05) is 18.0 Å². The first-order chi connectivity index (χ1) is 10.2. The fourth-order valence-electron chi connectivity index (χ4n) is 2.78. The summed E-state index contributed by atoms with van der Waals surface area (Å²) >= 11 is 0. The maximum Gasteiger partial charge on any atom is 0.250 e. The number of pyridine rings is 2. The van der Waals surface area contributed by atoms with Crippen LogP contribution < -0.4 is 10.6 Å². The highest BCUT2D eigenvalue weighted by Crippen LogP contribution is 2.24. The minimum atomic E-state index is -0.440. The van der Waals surface area contributed by atoms with E-state index in [0.717, 1.165) is 31.7 Å². The van der Waals surface area contributed by atoms with Crippen LogP contribution in [0.25, 0.3) is 0 Å². The number of carbonyl (C=O) groups is 1. The van der Waals surface area contributed by atoms with Crippen molar-refractivity contribution in [2.24, 2.45) is 11.7 Å². The number of primary amides is 1. The molecule has 1 aliphatic heterocycles. The van der Waals surface area contributed by atoms with Crippen LogP contribution in [0.15, 0.2) is 42.9 Å². The first-order valence-electron chi connectivity index (χ1n) is 7.12. The van der Waals surface area contributed by atoms with E-state index in [1.54, 1.807) is 18.5 Å². The van der Waals surface area contributed by atoms with Crippen LogP contribution in [0.5, 0.6) is 0 Å². The van der Waals surface area contributed by atoms with E-state index in [9.17, 15) is 4.79 Å². The number of rotatable bonds is 4. The van der Waals surface area contributed by atoms with E-state index in [1.165, 1.54) is 5.56 Å². The third kappa shape index (κ3) is 3.18. The van der Waals surface area contributed by atoms with Crippen molar-refractivity contribution in [3.63, 3.8) is 0 Å². The molecule has 0 aromatic carbocycles. The third-order valence-corrected chi connectivity index (χ3v) is 3.89. The zero-order chi connectivity index (χ0) is 14.7. The lowest BCUT2D eigenvalue weighted by Crippen LogP contribution is -2.21. The van der Waals surface area contributed by atoms with Gasteiger partial charge in [-0.05, 0) is 42.5 Å². The van der Waals surface area contributed by atoms with Crippen molar-refractivity contribution in [1.29, 1.82) is 0 Å². The lowest BCUT2D eigenvalue weighted by Gasteiger charge is -2.17. The maximum absolute atomic E-state index is 11.1. The predicted octanol–water partition coefficient (Wildman–Crippen LogP) is 1.64. The predicted molar refractivity (Wildman–Crippen MR) is 81.0 cm³/mol. The average Bonchev–Trinajstić information content (AvgIpc) is 2.97. The quantitative estimate of drug-likeness (QED) is 0.925. The van der Waals surface area contributed by atoms with Crippen LogP contribution >= 0.6 is 0 Å². The SMILES string of the molecule is NC(=O)c1ccc(N2CCC(Cc3cccnc3)C2)nc1. The normalized spacial score (nSPS) is 17.9. The topological polar surface area (TPSA) is 72.1 Å². The minimum Gasteiger partial charge on any atom is -0.366 e. The van der Waals surface area contributed by atoms with Crippen molar-refractivity contribution in [3.8, 4) is 0 Å². The van der Waals surface area contributed by atoms with Gasteiger partial charge in [0.25, 0.3) is 0 Å². The van der Waals surface area contributed by atoms with Crippen LogP contribution in [0.1, 0.15) is 22.3 Å². The molecular weight excluding hydrogens is 264 g/mol. The summed E-state index contributed by atoms with van der Waals surface area (Å²) < 4.78 is 0. The summed E-state index contributed by atoms with van der Waals surface area (Å²) in [7, 11) is 0. The number of nitrogens with zero attached hydrogens (tertiary/aromatic N) is 3.